The van der Waals surface area contributed by atoms with Crippen molar-refractivity contribution >= 4 is 0 Å². The summed E-state index contributed by atoms with van der Waals surface area (Å²) in [4.78, 5) is 2.36. The topological polar surface area (TPSA) is 58.7 Å². The first-order chi connectivity index (χ1) is 9.28. The molecule has 0 bridgehead atoms. The molecular formula is C15H24N2O2. The van der Waals surface area contributed by atoms with E-state index in [9.17, 15) is 5.11 Å². The SMILES string of the molecule is COc1cc(CN(CCO)C2CCC2)ccc1CN. The minimum absolute atomic E-state index is 0.217. The number of rotatable bonds is 7. The molecule has 1 aliphatic rings. The Kier molecular flexibility index (Phi) is 5.19. The molecule has 4 heteroatoms. The molecule has 0 aromatic heterocycles. The van der Waals surface area contributed by atoms with Crippen LogP contribution in [0.25, 0.3) is 0 Å². The van der Waals surface area contributed by atoms with Crippen LogP contribution in [0.15, 0.2) is 18.2 Å². The minimum Gasteiger partial charge on any atom is -0.496 e. The Bertz CT molecular complexity index is 405. The van der Waals surface area contributed by atoms with Crippen molar-refractivity contribution in [3.05, 3.63) is 29.3 Å². The molecule has 0 atom stereocenters. The highest BCUT2D eigenvalue weighted by Gasteiger charge is 2.24. The summed E-state index contributed by atoms with van der Waals surface area (Å²) in [5.74, 6) is 0.859. The summed E-state index contributed by atoms with van der Waals surface area (Å²) in [6.45, 7) is 2.32. The molecule has 0 heterocycles. The predicted octanol–water partition coefficient (Wildman–Crippen LogP) is 1.50. The van der Waals surface area contributed by atoms with Gasteiger partial charge in [0, 0.05) is 31.2 Å². The van der Waals surface area contributed by atoms with E-state index in [2.05, 4.69) is 17.0 Å². The zero-order valence-electron chi connectivity index (χ0n) is 11.6. The largest absolute Gasteiger partial charge is 0.496 e. The van der Waals surface area contributed by atoms with Crippen LogP contribution in [0.4, 0.5) is 0 Å². The number of nitrogens with two attached hydrogens (primary N) is 1. The van der Waals surface area contributed by atoms with Gasteiger partial charge in [-0.1, -0.05) is 18.6 Å². The fourth-order valence-corrected chi connectivity index (χ4v) is 2.56. The molecule has 0 saturated heterocycles. The maximum atomic E-state index is 9.18. The van der Waals surface area contributed by atoms with E-state index < -0.39 is 0 Å². The summed E-state index contributed by atoms with van der Waals surface area (Å²) in [5, 5.41) is 9.18. The van der Waals surface area contributed by atoms with E-state index in [-0.39, 0.29) is 6.61 Å². The fourth-order valence-electron chi connectivity index (χ4n) is 2.56. The lowest BCUT2D eigenvalue weighted by Gasteiger charge is -2.37. The molecule has 106 valence electrons. The van der Waals surface area contributed by atoms with Gasteiger partial charge in [-0.25, -0.2) is 0 Å². The van der Waals surface area contributed by atoms with Crippen molar-refractivity contribution in [3.8, 4) is 5.75 Å². The molecular weight excluding hydrogens is 240 g/mol. The second-order valence-electron chi connectivity index (χ2n) is 5.13. The average molecular weight is 264 g/mol. The number of aliphatic hydroxyl groups is 1. The van der Waals surface area contributed by atoms with Crippen molar-refractivity contribution in [2.75, 3.05) is 20.3 Å². The third-order valence-corrected chi connectivity index (χ3v) is 3.94. The second kappa shape index (κ2) is 6.89. The molecule has 1 saturated carbocycles. The Hall–Kier alpha value is -1.10. The average Bonchev–Trinajstić information content (AvgIpc) is 2.37. The molecule has 1 fully saturated rings. The Morgan fingerprint density at radius 1 is 1.42 bits per heavy atom. The third kappa shape index (κ3) is 3.47. The van der Waals surface area contributed by atoms with E-state index >= 15 is 0 Å². The Morgan fingerprint density at radius 3 is 2.74 bits per heavy atom. The zero-order valence-corrected chi connectivity index (χ0v) is 11.6. The van der Waals surface area contributed by atoms with Gasteiger partial charge in [-0.3, -0.25) is 4.90 Å². The van der Waals surface area contributed by atoms with Crippen LogP contribution in [0.3, 0.4) is 0 Å². The predicted molar refractivity (Wildman–Crippen MR) is 76.0 cm³/mol. The fraction of sp³-hybridized carbons (Fsp3) is 0.600. The molecule has 1 aromatic rings. The molecule has 1 aliphatic carbocycles. The molecule has 3 N–H and O–H groups in total. The smallest absolute Gasteiger partial charge is 0.123 e. The van der Waals surface area contributed by atoms with Gasteiger partial charge in [0.15, 0.2) is 0 Å². The van der Waals surface area contributed by atoms with Gasteiger partial charge < -0.3 is 15.6 Å². The number of nitrogens with zero attached hydrogens (tertiary/aromatic N) is 1. The Morgan fingerprint density at radius 2 is 2.21 bits per heavy atom. The van der Waals surface area contributed by atoms with Crippen molar-refractivity contribution in [2.24, 2.45) is 5.73 Å². The van der Waals surface area contributed by atoms with Crippen LogP contribution in [0.1, 0.15) is 30.4 Å². The van der Waals surface area contributed by atoms with Crippen molar-refractivity contribution in [1.29, 1.82) is 0 Å². The first kappa shape index (κ1) is 14.3. The molecule has 2 rings (SSSR count). The van der Waals surface area contributed by atoms with Crippen LogP contribution in [0.2, 0.25) is 0 Å². The highest BCUT2D eigenvalue weighted by atomic mass is 16.5. The molecule has 0 unspecified atom stereocenters. The first-order valence-electron chi connectivity index (χ1n) is 6.99. The van der Waals surface area contributed by atoms with Gasteiger partial charge in [-0.15, -0.1) is 0 Å². The van der Waals surface area contributed by atoms with E-state index in [0.29, 0.717) is 12.6 Å². The van der Waals surface area contributed by atoms with Crippen molar-refractivity contribution in [1.82, 2.24) is 4.90 Å². The van der Waals surface area contributed by atoms with E-state index in [1.807, 2.05) is 6.07 Å². The summed E-state index contributed by atoms with van der Waals surface area (Å²) in [6, 6.07) is 6.83. The van der Waals surface area contributed by atoms with Crippen LogP contribution in [-0.2, 0) is 13.1 Å². The van der Waals surface area contributed by atoms with Gasteiger partial charge in [-0.2, -0.15) is 0 Å². The molecule has 1 aromatic carbocycles. The zero-order chi connectivity index (χ0) is 13.7. The summed E-state index contributed by atoms with van der Waals surface area (Å²) in [7, 11) is 1.68. The maximum Gasteiger partial charge on any atom is 0.123 e. The first-order valence-corrected chi connectivity index (χ1v) is 6.99. The van der Waals surface area contributed by atoms with E-state index in [1.54, 1.807) is 7.11 Å². The molecule has 0 radical (unpaired) electrons. The number of hydrogen-bond donors (Lipinski definition) is 2. The van der Waals surface area contributed by atoms with E-state index in [1.165, 1.54) is 24.8 Å². The number of methoxy groups -OCH3 is 1. The lowest BCUT2D eigenvalue weighted by molar-refractivity contribution is 0.0945. The van der Waals surface area contributed by atoms with Crippen LogP contribution >= 0.6 is 0 Å². The quantitative estimate of drug-likeness (QED) is 0.783. The number of benzene rings is 1. The van der Waals surface area contributed by atoms with Gasteiger partial charge in [0.25, 0.3) is 0 Å². The van der Waals surface area contributed by atoms with Gasteiger partial charge in [0.05, 0.1) is 13.7 Å². The monoisotopic (exact) mass is 264 g/mol. The summed E-state index contributed by atoms with van der Waals surface area (Å²) < 4.78 is 5.37. The number of hydrogen-bond acceptors (Lipinski definition) is 4. The highest BCUT2D eigenvalue weighted by Crippen LogP contribution is 2.27. The van der Waals surface area contributed by atoms with Gasteiger partial charge >= 0.3 is 0 Å². The van der Waals surface area contributed by atoms with Crippen molar-refractivity contribution in [3.63, 3.8) is 0 Å². The van der Waals surface area contributed by atoms with Crippen LogP contribution < -0.4 is 10.5 Å². The van der Waals surface area contributed by atoms with Crippen molar-refractivity contribution < 1.29 is 9.84 Å². The van der Waals surface area contributed by atoms with Gasteiger partial charge in [0.1, 0.15) is 5.75 Å². The number of aliphatic hydroxyl groups excluding tert-OH is 1. The Labute approximate surface area is 115 Å². The van der Waals surface area contributed by atoms with Gasteiger partial charge in [0.2, 0.25) is 0 Å². The van der Waals surface area contributed by atoms with Crippen molar-refractivity contribution in [2.45, 2.75) is 38.4 Å². The molecule has 4 nitrogen and oxygen atoms in total. The molecule has 0 spiro atoms. The minimum atomic E-state index is 0.217. The summed E-state index contributed by atoms with van der Waals surface area (Å²) >= 11 is 0. The lowest BCUT2D eigenvalue weighted by atomic mass is 9.91. The number of ether oxygens (including phenoxy) is 1. The Balaban J connectivity index is 2.07. The third-order valence-electron chi connectivity index (χ3n) is 3.94. The second-order valence-corrected chi connectivity index (χ2v) is 5.13. The highest BCUT2D eigenvalue weighted by molar-refractivity contribution is 5.37. The van der Waals surface area contributed by atoms with Crippen LogP contribution in [0, 0.1) is 0 Å². The standard InChI is InChI=1S/C15H24N2O2/c1-19-15-9-12(5-6-13(15)10-16)11-17(7-8-18)14-3-2-4-14/h5-6,9,14,18H,2-4,7-8,10-11,16H2,1H3. The lowest BCUT2D eigenvalue weighted by Crippen LogP contribution is -2.41. The van der Waals surface area contributed by atoms with Gasteiger partial charge in [-0.05, 0) is 24.5 Å². The van der Waals surface area contributed by atoms with Crippen LogP contribution in [-0.4, -0.2) is 36.3 Å². The van der Waals surface area contributed by atoms with Crippen LogP contribution in [0.5, 0.6) is 5.75 Å². The van der Waals surface area contributed by atoms with E-state index in [0.717, 1.165) is 24.4 Å². The molecule has 0 amide bonds. The maximum absolute atomic E-state index is 9.18. The molecule has 0 aliphatic heterocycles. The summed E-state index contributed by atoms with van der Waals surface area (Å²) in [6.07, 6.45) is 3.80. The molecule has 19 heavy (non-hydrogen) atoms. The normalized spacial score (nSPS) is 15.6. The van der Waals surface area contributed by atoms with E-state index in [4.69, 9.17) is 10.5 Å². The summed E-state index contributed by atoms with van der Waals surface area (Å²) in [5.41, 5.74) is 7.93.